The van der Waals surface area contributed by atoms with Crippen molar-refractivity contribution < 1.29 is 13.2 Å². The monoisotopic (exact) mass is 367 g/mol. The van der Waals surface area contributed by atoms with Crippen LogP contribution in [0, 0.1) is 0 Å². The van der Waals surface area contributed by atoms with E-state index in [1.165, 1.54) is 6.26 Å². The van der Waals surface area contributed by atoms with Gasteiger partial charge < -0.3 is 15.0 Å². The number of hydrogen-bond acceptors (Lipinski definition) is 4. The van der Waals surface area contributed by atoms with Gasteiger partial charge in [-0.2, -0.15) is 0 Å². The number of benzene rings is 1. The average Bonchev–Trinajstić information content (AvgIpc) is 2.56. The third-order valence-electron chi connectivity index (χ3n) is 4.68. The van der Waals surface area contributed by atoms with E-state index in [1.54, 1.807) is 20.9 Å². The van der Waals surface area contributed by atoms with Crippen LogP contribution in [0.5, 0.6) is 5.75 Å². The number of rotatable bonds is 5. The van der Waals surface area contributed by atoms with Crippen molar-refractivity contribution in [2.75, 3.05) is 32.9 Å². The highest BCUT2D eigenvalue weighted by atomic mass is 32.2. The molecule has 1 saturated heterocycles. The number of guanidine groups is 1. The summed E-state index contributed by atoms with van der Waals surface area (Å²) in [7, 11) is -1.41. The zero-order valence-electron chi connectivity index (χ0n) is 15.5. The molecule has 0 saturated carbocycles. The van der Waals surface area contributed by atoms with Crippen molar-refractivity contribution in [2.24, 2.45) is 4.99 Å². The summed E-state index contributed by atoms with van der Waals surface area (Å²) in [5.41, 5.74) is 0. The summed E-state index contributed by atoms with van der Waals surface area (Å²) >= 11 is 0. The summed E-state index contributed by atoms with van der Waals surface area (Å²) in [6.07, 6.45) is 3.28. The standard InChI is InChI=1S/C18H29N3O3S/c1-18(2,25(4,22)23)14-20-17(19-3)21-12-10-16(11-13-21)24-15-8-6-5-7-9-15/h5-9,16H,10-14H2,1-4H3,(H,19,20). The molecule has 25 heavy (non-hydrogen) atoms. The molecule has 0 radical (unpaired) electrons. The zero-order valence-corrected chi connectivity index (χ0v) is 16.3. The number of nitrogens with one attached hydrogen (secondary N) is 1. The maximum Gasteiger partial charge on any atom is 0.193 e. The fourth-order valence-electron chi connectivity index (χ4n) is 2.63. The van der Waals surface area contributed by atoms with Crippen molar-refractivity contribution in [3.8, 4) is 5.75 Å². The maximum absolute atomic E-state index is 11.8. The van der Waals surface area contributed by atoms with Crippen LogP contribution < -0.4 is 10.1 Å². The first-order valence-electron chi connectivity index (χ1n) is 8.60. The van der Waals surface area contributed by atoms with Crippen LogP contribution in [0.15, 0.2) is 35.3 Å². The number of para-hydroxylation sites is 1. The van der Waals surface area contributed by atoms with Crippen molar-refractivity contribution in [2.45, 2.75) is 37.5 Å². The van der Waals surface area contributed by atoms with E-state index in [2.05, 4.69) is 15.2 Å². The fraction of sp³-hybridized carbons (Fsp3) is 0.611. The van der Waals surface area contributed by atoms with Crippen LogP contribution in [0.3, 0.4) is 0 Å². The lowest BCUT2D eigenvalue weighted by molar-refractivity contribution is 0.129. The van der Waals surface area contributed by atoms with E-state index in [0.717, 1.165) is 37.6 Å². The van der Waals surface area contributed by atoms with Crippen molar-refractivity contribution in [1.29, 1.82) is 0 Å². The largest absolute Gasteiger partial charge is 0.490 e. The summed E-state index contributed by atoms with van der Waals surface area (Å²) in [5, 5.41) is 3.21. The Morgan fingerprint density at radius 2 is 1.88 bits per heavy atom. The molecule has 7 heteroatoms. The Hall–Kier alpha value is -1.76. The molecule has 1 aliphatic rings. The maximum atomic E-state index is 11.8. The average molecular weight is 368 g/mol. The first-order valence-corrected chi connectivity index (χ1v) is 10.5. The van der Waals surface area contributed by atoms with Gasteiger partial charge in [-0.05, 0) is 26.0 Å². The van der Waals surface area contributed by atoms with Crippen LogP contribution in [-0.2, 0) is 9.84 Å². The van der Waals surface area contributed by atoms with E-state index in [-0.39, 0.29) is 6.10 Å². The molecule has 1 aliphatic heterocycles. The molecule has 1 aromatic carbocycles. The van der Waals surface area contributed by atoms with Crippen LogP contribution in [0.4, 0.5) is 0 Å². The van der Waals surface area contributed by atoms with Crippen LogP contribution in [0.1, 0.15) is 26.7 Å². The Labute approximate surface area is 151 Å². The zero-order chi connectivity index (χ0) is 18.5. The van der Waals surface area contributed by atoms with Gasteiger partial charge in [-0.15, -0.1) is 0 Å². The van der Waals surface area contributed by atoms with Gasteiger partial charge >= 0.3 is 0 Å². The molecular weight excluding hydrogens is 338 g/mol. The molecule has 0 spiro atoms. The number of sulfone groups is 1. The van der Waals surface area contributed by atoms with Crippen molar-refractivity contribution in [3.63, 3.8) is 0 Å². The van der Waals surface area contributed by atoms with Crippen molar-refractivity contribution >= 4 is 15.8 Å². The van der Waals surface area contributed by atoms with Gasteiger partial charge in [0.15, 0.2) is 15.8 Å². The molecule has 2 rings (SSSR count). The summed E-state index contributed by atoms with van der Waals surface area (Å²) in [6.45, 7) is 5.44. The normalized spacial score (nSPS) is 17.4. The highest BCUT2D eigenvalue weighted by molar-refractivity contribution is 7.92. The highest BCUT2D eigenvalue weighted by Crippen LogP contribution is 2.19. The second-order valence-corrected chi connectivity index (χ2v) is 9.70. The lowest BCUT2D eigenvalue weighted by Crippen LogP contribution is -2.51. The number of nitrogens with zero attached hydrogens (tertiary/aromatic N) is 2. The number of ether oxygens (including phenoxy) is 1. The minimum Gasteiger partial charge on any atom is -0.490 e. The fourth-order valence-corrected chi connectivity index (χ4v) is 2.97. The third kappa shape index (κ3) is 5.36. The Balaban J connectivity index is 1.86. The minimum atomic E-state index is -3.14. The summed E-state index contributed by atoms with van der Waals surface area (Å²) in [5.74, 6) is 1.65. The minimum absolute atomic E-state index is 0.198. The summed E-state index contributed by atoms with van der Waals surface area (Å²) in [6, 6.07) is 9.86. The number of likely N-dealkylation sites (tertiary alicyclic amines) is 1. The molecular formula is C18H29N3O3S. The number of piperidine rings is 1. The lowest BCUT2D eigenvalue weighted by atomic mass is 10.1. The predicted octanol–water partition coefficient (Wildman–Crippen LogP) is 1.93. The topological polar surface area (TPSA) is 71.0 Å². The van der Waals surface area contributed by atoms with Gasteiger partial charge in [-0.3, -0.25) is 4.99 Å². The van der Waals surface area contributed by atoms with E-state index in [0.29, 0.717) is 6.54 Å². The SMILES string of the molecule is CN=C(NCC(C)(C)S(C)(=O)=O)N1CCC(Oc2ccccc2)CC1. The molecule has 1 aromatic rings. The molecule has 0 amide bonds. The van der Waals surface area contributed by atoms with E-state index in [9.17, 15) is 8.42 Å². The highest BCUT2D eigenvalue weighted by Gasteiger charge is 2.31. The van der Waals surface area contributed by atoms with Gasteiger partial charge in [0.2, 0.25) is 0 Å². The molecule has 1 N–H and O–H groups in total. The van der Waals surface area contributed by atoms with E-state index in [4.69, 9.17) is 4.74 Å². The molecule has 1 heterocycles. The first-order chi connectivity index (χ1) is 11.7. The van der Waals surface area contributed by atoms with Crippen LogP contribution >= 0.6 is 0 Å². The number of hydrogen-bond donors (Lipinski definition) is 1. The van der Waals surface area contributed by atoms with Gasteiger partial charge in [0.25, 0.3) is 0 Å². The molecule has 0 aromatic heterocycles. The second kappa shape index (κ2) is 8.08. The Kier molecular flexibility index (Phi) is 6.32. The predicted molar refractivity (Wildman–Crippen MR) is 102 cm³/mol. The number of aliphatic imine (C=N–C) groups is 1. The van der Waals surface area contributed by atoms with Crippen LogP contribution in [0.25, 0.3) is 0 Å². The Morgan fingerprint density at radius 3 is 2.40 bits per heavy atom. The summed E-state index contributed by atoms with van der Waals surface area (Å²) in [4.78, 5) is 6.46. The molecule has 6 nitrogen and oxygen atoms in total. The van der Waals surface area contributed by atoms with Gasteiger partial charge in [-0.1, -0.05) is 18.2 Å². The molecule has 0 atom stereocenters. The van der Waals surface area contributed by atoms with Crippen molar-refractivity contribution in [3.05, 3.63) is 30.3 Å². The smallest absolute Gasteiger partial charge is 0.193 e. The van der Waals surface area contributed by atoms with Gasteiger partial charge in [0.1, 0.15) is 11.9 Å². The van der Waals surface area contributed by atoms with Gasteiger partial charge in [0.05, 0.1) is 4.75 Å². The Morgan fingerprint density at radius 1 is 1.28 bits per heavy atom. The van der Waals surface area contributed by atoms with Crippen molar-refractivity contribution in [1.82, 2.24) is 10.2 Å². The molecule has 0 bridgehead atoms. The van der Waals surface area contributed by atoms with Crippen LogP contribution in [-0.4, -0.2) is 63.1 Å². The molecule has 0 aliphatic carbocycles. The lowest BCUT2D eigenvalue weighted by Gasteiger charge is -2.35. The third-order valence-corrected chi connectivity index (χ3v) is 6.83. The van der Waals surface area contributed by atoms with Crippen LogP contribution in [0.2, 0.25) is 0 Å². The first kappa shape index (κ1) is 19.6. The second-order valence-electron chi connectivity index (χ2n) is 7.05. The summed E-state index contributed by atoms with van der Waals surface area (Å²) < 4.78 is 28.8. The quantitative estimate of drug-likeness (QED) is 0.636. The van der Waals surface area contributed by atoms with Gasteiger partial charge in [-0.25, -0.2) is 8.42 Å². The van der Waals surface area contributed by atoms with E-state index in [1.807, 2.05) is 30.3 Å². The van der Waals surface area contributed by atoms with E-state index < -0.39 is 14.6 Å². The molecule has 1 fully saturated rings. The molecule has 140 valence electrons. The van der Waals surface area contributed by atoms with Gasteiger partial charge in [0, 0.05) is 45.8 Å². The Bertz CT molecular complexity index is 679. The van der Waals surface area contributed by atoms with E-state index >= 15 is 0 Å². The molecule has 0 unspecified atom stereocenters.